The molecule has 0 amide bonds. The number of hydrogen-bond donors (Lipinski definition) is 2. The van der Waals surface area contributed by atoms with Crippen molar-refractivity contribution in [2.75, 3.05) is 11.9 Å². The van der Waals surface area contributed by atoms with Gasteiger partial charge < -0.3 is 10.4 Å². The van der Waals surface area contributed by atoms with Crippen molar-refractivity contribution in [1.29, 1.82) is 0 Å². The molecule has 1 unspecified atom stereocenters. The van der Waals surface area contributed by atoms with E-state index in [1.54, 1.807) is 12.1 Å². The van der Waals surface area contributed by atoms with Crippen LogP contribution < -0.4 is 10.9 Å². The summed E-state index contributed by atoms with van der Waals surface area (Å²) >= 11 is 12.1. The number of rotatable bonds is 5. The van der Waals surface area contributed by atoms with Gasteiger partial charge in [0.25, 0.3) is 5.56 Å². The first-order chi connectivity index (χ1) is 12.0. The van der Waals surface area contributed by atoms with Crippen molar-refractivity contribution in [3.8, 4) is 0 Å². The van der Waals surface area contributed by atoms with Crippen LogP contribution in [0.4, 0.5) is 5.69 Å². The van der Waals surface area contributed by atoms with Crippen LogP contribution in [0.2, 0.25) is 10.0 Å². The second kappa shape index (κ2) is 7.44. The Morgan fingerprint density at radius 1 is 1.20 bits per heavy atom. The third-order valence-corrected chi connectivity index (χ3v) is 4.69. The lowest BCUT2D eigenvalue weighted by Gasteiger charge is -2.15. The maximum Gasteiger partial charge on any atom is 0.262 e. The van der Waals surface area contributed by atoms with Gasteiger partial charge in [0.05, 0.1) is 39.9 Å². The number of aromatic nitrogens is 2. The van der Waals surface area contributed by atoms with Gasteiger partial charge in [-0.3, -0.25) is 9.36 Å². The fraction of sp³-hybridized carbons (Fsp3) is 0.222. The molecule has 0 fully saturated rings. The lowest BCUT2D eigenvalue weighted by Crippen LogP contribution is -2.31. The van der Waals surface area contributed by atoms with E-state index in [2.05, 4.69) is 10.3 Å². The Kier molecular flexibility index (Phi) is 5.27. The van der Waals surface area contributed by atoms with Crippen LogP contribution in [0.25, 0.3) is 10.9 Å². The van der Waals surface area contributed by atoms with E-state index in [9.17, 15) is 9.90 Å². The minimum atomic E-state index is -0.767. The summed E-state index contributed by atoms with van der Waals surface area (Å²) < 4.78 is 1.34. The quantitative estimate of drug-likeness (QED) is 0.713. The molecule has 0 saturated carbocycles. The van der Waals surface area contributed by atoms with Gasteiger partial charge >= 0.3 is 0 Å². The number of nitrogens with one attached hydrogen (secondary N) is 1. The third kappa shape index (κ3) is 3.95. The molecule has 0 bridgehead atoms. The van der Waals surface area contributed by atoms with Crippen molar-refractivity contribution >= 4 is 39.8 Å². The molecular weight excluding hydrogens is 361 g/mol. The summed E-state index contributed by atoms with van der Waals surface area (Å²) in [7, 11) is 0. The Balaban J connectivity index is 1.76. The molecule has 130 valence electrons. The first-order valence-corrected chi connectivity index (χ1v) is 8.53. The largest absolute Gasteiger partial charge is 0.389 e. The van der Waals surface area contributed by atoms with E-state index < -0.39 is 6.10 Å². The van der Waals surface area contributed by atoms with Crippen LogP contribution in [0.1, 0.15) is 5.56 Å². The smallest absolute Gasteiger partial charge is 0.262 e. The molecule has 2 aromatic carbocycles. The van der Waals surface area contributed by atoms with Crippen LogP contribution >= 0.6 is 23.2 Å². The Hall–Kier alpha value is -2.08. The minimum Gasteiger partial charge on any atom is -0.389 e. The number of fused-ring (bicyclic) bond motifs is 1. The van der Waals surface area contributed by atoms with Gasteiger partial charge in [-0.05, 0) is 31.2 Å². The Morgan fingerprint density at radius 3 is 2.64 bits per heavy atom. The topological polar surface area (TPSA) is 67.2 Å². The maximum absolute atomic E-state index is 12.6. The van der Waals surface area contributed by atoms with Gasteiger partial charge in [0.15, 0.2) is 0 Å². The highest BCUT2D eigenvalue weighted by atomic mass is 35.5. The molecular formula is C18H17Cl2N3O2. The fourth-order valence-electron chi connectivity index (χ4n) is 2.51. The number of aliphatic hydroxyl groups is 1. The highest BCUT2D eigenvalue weighted by Crippen LogP contribution is 2.27. The van der Waals surface area contributed by atoms with Gasteiger partial charge in [0, 0.05) is 12.2 Å². The molecule has 25 heavy (non-hydrogen) atoms. The highest BCUT2D eigenvalue weighted by molar-refractivity contribution is 6.45. The number of nitrogens with zero attached hydrogens (tertiary/aromatic N) is 2. The van der Waals surface area contributed by atoms with E-state index in [0.717, 1.165) is 11.3 Å². The molecule has 1 atom stereocenters. The molecule has 3 rings (SSSR count). The number of aliphatic hydroxyl groups excluding tert-OH is 1. The van der Waals surface area contributed by atoms with Gasteiger partial charge in [-0.2, -0.15) is 0 Å². The molecule has 0 aliphatic carbocycles. The lowest BCUT2D eigenvalue weighted by atomic mass is 10.2. The molecule has 1 aromatic heterocycles. The molecule has 0 spiro atoms. The molecule has 0 aliphatic rings. The summed E-state index contributed by atoms with van der Waals surface area (Å²) in [5, 5.41) is 14.1. The summed E-state index contributed by atoms with van der Waals surface area (Å²) in [5.74, 6) is 0. The molecule has 0 saturated heterocycles. The van der Waals surface area contributed by atoms with Gasteiger partial charge in [-0.1, -0.05) is 40.9 Å². The third-order valence-electron chi connectivity index (χ3n) is 3.88. The molecule has 3 aromatic rings. The zero-order valence-electron chi connectivity index (χ0n) is 13.5. The van der Waals surface area contributed by atoms with Crippen molar-refractivity contribution in [3.05, 3.63) is 68.7 Å². The van der Waals surface area contributed by atoms with Gasteiger partial charge in [0.2, 0.25) is 0 Å². The van der Waals surface area contributed by atoms with E-state index in [0.29, 0.717) is 17.1 Å². The van der Waals surface area contributed by atoms with Crippen molar-refractivity contribution in [3.63, 3.8) is 0 Å². The predicted molar refractivity (Wildman–Crippen MR) is 102 cm³/mol. The Bertz CT molecular complexity index is 955. The average molecular weight is 378 g/mol. The Labute approximate surface area is 154 Å². The summed E-state index contributed by atoms with van der Waals surface area (Å²) in [6.45, 7) is 2.41. The van der Waals surface area contributed by atoms with Crippen LogP contribution in [-0.4, -0.2) is 27.3 Å². The maximum atomic E-state index is 12.6. The molecule has 0 aliphatic heterocycles. The van der Waals surface area contributed by atoms with E-state index in [1.165, 1.54) is 10.9 Å². The highest BCUT2D eigenvalue weighted by Gasteiger charge is 2.13. The predicted octanol–water partition coefficient (Wildman–Crippen LogP) is 3.48. The second-order valence-electron chi connectivity index (χ2n) is 5.86. The summed E-state index contributed by atoms with van der Waals surface area (Å²) in [6.07, 6.45) is 0.639. The van der Waals surface area contributed by atoms with E-state index in [4.69, 9.17) is 23.2 Å². The van der Waals surface area contributed by atoms with Gasteiger partial charge in [-0.15, -0.1) is 0 Å². The van der Waals surface area contributed by atoms with Crippen molar-refractivity contribution in [2.24, 2.45) is 0 Å². The SMILES string of the molecule is Cc1ccc(NCC(O)Cn2cnc3ccc(Cl)c(Cl)c3c2=O)cc1. The van der Waals surface area contributed by atoms with Crippen LogP contribution in [-0.2, 0) is 6.54 Å². The zero-order chi connectivity index (χ0) is 18.0. The molecule has 1 heterocycles. The average Bonchev–Trinajstić information content (AvgIpc) is 2.60. The minimum absolute atomic E-state index is 0.101. The van der Waals surface area contributed by atoms with Crippen LogP contribution in [0.3, 0.4) is 0 Å². The van der Waals surface area contributed by atoms with E-state index in [-0.39, 0.29) is 22.5 Å². The van der Waals surface area contributed by atoms with Crippen LogP contribution in [0, 0.1) is 6.92 Å². The molecule has 7 heteroatoms. The summed E-state index contributed by atoms with van der Waals surface area (Å²) in [5.41, 5.74) is 2.22. The van der Waals surface area contributed by atoms with Crippen molar-refractivity contribution in [1.82, 2.24) is 9.55 Å². The van der Waals surface area contributed by atoms with Crippen LogP contribution in [0.5, 0.6) is 0 Å². The van der Waals surface area contributed by atoms with Crippen LogP contribution in [0.15, 0.2) is 47.5 Å². The second-order valence-corrected chi connectivity index (χ2v) is 6.64. The standard InChI is InChI=1S/C18H17Cl2N3O2/c1-11-2-4-12(5-3-11)21-8-13(24)9-23-10-22-15-7-6-14(19)17(20)16(15)18(23)25/h2-7,10,13,21,24H,8-9H2,1H3. The monoisotopic (exact) mass is 377 g/mol. The molecule has 2 N–H and O–H groups in total. The Morgan fingerprint density at radius 2 is 1.92 bits per heavy atom. The van der Waals surface area contributed by atoms with Crippen molar-refractivity contribution in [2.45, 2.75) is 19.6 Å². The number of anilines is 1. The summed E-state index contributed by atoms with van der Waals surface area (Å²) in [6, 6.07) is 11.1. The number of halogens is 2. The fourth-order valence-corrected chi connectivity index (χ4v) is 2.91. The number of benzene rings is 2. The summed E-state index contributed by atoms with van der Waals surface area (Å²) in [4.78, 5) is 16.8. The number of hydrogen-bond acceptors (Lipinski definition) is 4. The zero-order valence-corrected chi connectivity index (χ0v) is 15.1. The lowest BCUT2D eigenvalue weighted by molar-refractivity contribution is 0.165. The van der Waals surface area contributed by atoms with Gasteiger partial charge in [0.1, 0.15) is 0 Å². The van der Waals surface area contributed by atoms with E-state index >= 15 is 0 Å². The molecule has 0 radical (unpaired) electrons. The first kappa shape index (κ1) is 17.7. The van der Waals surface area contributed by atoms with Gasteiger partial charge in [-0.25, -0.2) is 4.98 Å². The molecule has 5 nitrogen and oxygen atoms in total. The van der Waals surface area contributed by atoms with E-state index in [1.807, 2.05) is 31.2 Å². The first-order valence-electron chi connectivity index (χ1n) is 7.77. The van der Waals surface area contributed by atoms with Crippen molar-refractivity contribution < 1.29 is 5.11 Å². The number of aryl methyl sites for hydroxylation is 1. The normalized spacial score (nSPS) is 12.3.